The first-order chi connectivity index (χ1) is 7.33. The van der Waals surface area contributed by atoms with Crippen molar-refractivity contribution in [2.24, 2.45) is 5.73 Å². The number of aromatic nitrogens is 2. The van der Waals surface area contributed by atoms with Gasteiger partial charge in [-0.1, -0.05) is 0 Å². The fourth-order valence-electron chi connectivity index (χ4n) is 1.57. The van der Waals surface area contributed by atoms with Crippen LogP contribution in [0.1, 0.15) is 22.8 Å². The Morgan fingerprint density at radius 1 is 1.12 bits per heavy atom. The van der Waals surface area contributed by atoms with Crippen LogP contribution < -0.4 is 5.73 Å². The van der Waals surface area contributed by atoms with Gasteiger partial charge in [-0.2, -0.15) is 13.2 Å². The Hall–Kier alpha value is -1.17. The Morgan fingerprint density at radius 2 is 1.62 bits per heavy atom. The molecule has 1 heterocycles. The van der Waals surface area contributed by atoms with Crippen molar-refractivity contribution >= 4 is 0 Å². The minimum absolute atomic E-state index is 0.178. The lowest BCUT2D eigenvalue weighted by molar-refractivity contribution is -0.128. The van der Waals surface area contributed by atoms with Gasteiger partial charge in [0.1, 0.15) is 12.2 Å². The van der Waals surface area contributed by atoms with Crippen LogP contribution in [0.25, 0.3) is 0 Å². The number of hydrogen-bond acceptors (Lipinski definition) is 3. The van der Waals surface area contributed by atoms with Crippen LogP contribution in [0.4, 0.5) is 13.2 Å². The molecule has 0 aromatic carbocycles. The lowest BCUT2D eigenvalue weighted by atomic mass is 10.1. The first-order valence-electron chi connectivity index (χ1n) is 4.93. The van der Waals surface area contributed by atoms with Gasteiger partial charge in [0.05, 0.1) is 0 Å². The topological polar surface area (TPSA) is 51.8 Å². The minimum atomic E-state index is -4.27. The maximum atomic E-state index is 12.2. The van der Waals surface area contributed by atoms with E-state index in [-0.39, 0.29) is 5.82 Å². The van der Waals surface area contributed by atoms with E-state index in [1.165, 1.54) is 0 Å². The van der Waals surface area contributed by atoms with Crippen molar-refractivity contribution in [3.8, 4) is 0 Å². The second-order valence-corrected chi connectivity index (χ2v) is 3.62. The minimum Gasteiger partial charge on any atom is -0.330 e. The Labute approximate surface area is 91.9 Å². The molecule has 1 aromatic rings. The largest absolute Gasteiger partial charge is 0.396 e. The third-order valence-electron chi connectivity index (χ3n) is 2.22. The van der Waals surface area contributed by atoms with E-state index >= 15 is 0 Å². The zero-order valence-electron chi connectivity index (χ0n) is 9.23. The summed E-state index contributed by atoms with van der Waals surface area (Å²) in [7, 11) is 0. The molecule has 0 aliphatic carbocycles. The monoisotopic (exact) mass is 233 g/mol. The normalized spacial score (nSPS) is 11.9. The predicted octanol–water partition coefficient (Wildman–Crippen LogP) is 1.70. The van der Waals surface area contributed by atoms with Gasteiger partial charge < -0.3 is 5.73 Å². The fourth-order valence-corrected chi connectivity index (χ4v) is 1.57. The van der Waals surface area contributed by atoms with Gasteiger partial charge in [-0.25, -0.2) is 9.97 Å². The summed E-state index contributed by atoms with van der Waals surface area (Å²) < 4.78 is 36.5. The van der Waals surface area contributed by atoms with E-state index in [9.17, 15) is 13.2 Å². The number of nitrogens with zero attached hydrogens (tertiary/aromatic N) is 2. The smallest absolute Gasteiger partial charge is 0.330 e. The maximum absolute atomic E-state index is 12.2. The fraction of sp³-hybridized carbons (Fsp3) is 0.600. The third kappa shape index (κ3) is 3.44. The van der Waals surface area contributed by atoms with Crippen molar-refractivity contribution < 1.29 is 13.2 Å². The SMILES string of the molecule is Cc1nc(CC(F)(F)F)nc(C)c1CCN. The quantitative estimate of drug-likeness (QED) is 0.864. The van der Waals surface area contributed by atoms with Crippen LogP contribution in [0, 0.1) is 13.8 Å². The molecule has 0 saturated carbocycles. The van der Waals surface area contributed by atoms with Crippen LogP contribution >= 0.6 is 0 Å². The summed E-state index contributed by atoms with van der Waals surface area (Å²) >= 11 is 0. The van der Waals surface area contributed by atoms with Crippen molar-refractivity contribution in [1.82, 2.24) is 9.97 Å². The van der Waals surface area contributed by atoms with Gasteiger partial charge in [-0.15, -0.1) is 0 Å². The molecule has 1 rings (SSSR count). The zero-order valence-corrected chi connectivity index (χ0v) is 9.23. The molecule has 0 aliphatic rings. The summed E-state index contributed by atoms with van der Waals surface area (Å²) in [4.78, 5) is 7.70. The molecule has 16 heavy (non-hydrogen) atoms. The van der Waals surface area contributed by atoms with Gasteiger partial charge in [0.15, 0.2) is 0 Å². The second kappa shape index (κ2) is 4.78. The van der Waals surface area contributed by atoms with Gasteiger partial charge in [-0.05, 0) is 32.4 Å². The molecule has 1 aromatic heterocycles. The Kier molecular flexibility index (Phi) is 3.85. The van der Waals surface area contributed by atoms with Crippen LogP contribution in [-0.2, 0) is 12.8 Å². The highest BCUT2D eigenvalue weighted by Crippen LogP contribution is 2.20. The second-order valence-electron chi connectivity index (χ2n) is 3.62. The van der Waals surface area contributed by atoms with E-state index < -0.39 is 12.6 Å². The van der Waals surface area contributed by atoms with Gasteiger partial charge in [-0.3, -0.25) is 0 Å². The van der Waals surface area contributed by atoms with Crippen molar-refractivity contribution in [3.05, 3.63) is 22.8 Å². The summed E-state index contributed by atoms with van der Waals surface area (Å²) in [5.74, 6) is -0.178. The average molecular weight is 233 g/mol. The van der Waals surface area contributed by atoms with Crippen molar-refractivity contribution in [3.63, 3.8) is 0 Å². The molecular formula is C10H14F3N3. The molecule has 0 amide bonds. The van der Waals surface area contributed by atoms with E-state index in [2.05, 4.69) is 9.97 Å². The lowest BCUT2D eigenvalue weighted by Crippen LogP contribution is -2.17. The first-order valence-corrected chi connectivity index (χ1v) is 4.93. The number of aryl methyl sites for hydroxylation is 2. The van der Waals surface area contributed by atoms with Gasteiger partial charge in [0.25, 0.3) is 0 Å². The summed E-state index contributed by atoms with van der Waals surface area (Å²) in [5, 5.41) is 0. The third-order valence-corrected chi connectivity index (χ3v) is 2.22. The first kappa shape index (κ1) is 12.9. The van der Waals surface area contributed by atoms with Crippen LogP contribution in [0.15, 0.2) is 0 Å². The van der Waals surface area contributed by atoms with Crippen molar-refractivity contribution in [2.45, 2.75) is 32.9 Å². The number of rotatable bonds is 3. The van der Waals surface area contributed by atoms with Crippen LogP contribution in [0.2, 0.25) is 0 Å². The average Bonchev–Trinajstić information content (AvgIpc) is 2.08. The number of halogens is 3. The summed E-state index contributed by atoms with van der Waals surface area (Å²) in [5.41, 5.74) is 7.41. The van der Waals surface area contributed by atoms with Crippen LogP contribution in [0.3, 0.4) is 0 Å². The molecule has 0 bridgehead atoms. The summed E-state index contributed by atoms with van der Waals surface area (Å²) in [6, 6.07) is 0. The molecule has 0 radical (unpaired) electrons. The maximum Gasteiger partial charge on any atom is 0.396 e. The highest BCUT2D eigenvalue weighted by atomic mass is 19.4. The molecule has 0 saturated heterocycles. The number of hydrogen-bond donors (Lipinski definition) is 1. The molecule has 90 valence electrons. The van der Waals surface area contributed by atoms with E-state index in [0.717, 1.165) is 5.56 Å². The Morgan fingerprint density at radius 3 is 2.00 bits per heavy atom. The molecular weight excluding hydrogens is 219 g/mol. The van der Waals surface area contributed by atoms with E-state index in [0.29, 0.717) is 24.4 Å². The predicted molar refractivity (Wildman–Crippen MR) is 54.0 cm³/mol. The lowest BCUT2D eigenvalue weighted by Gasteiger charge is -2.11. The molecule has 0 unspecified atom stereocenters. The van der Waals surface area contributed by atoms with Crippen molar-refractivity contribution in [1.29, 1.82) is 0 Å². The van der Waals surface area contributed by atoms with Crippen LogP contribution in [0.5, 0.6) is 0 Å². The zero-order chi connectivity index (χ0) is 12.3. The van der Waals surface area contributed by atoms with E-state index in [1.54, 1.807) is 13.8 Å². The Balaban J connectivity index is 3.00. The summed E-state index contributed by atoms with van der Waals surface area (Å²) in [6.45, 7) is 3.79. The standard InChI is InChI=1S/C10H14F3N3/c1-6-8(3-4-14)7(2)16-9(15-6)5-10(11,12)13/h3-5,14H2,1-2H3. The molecule has 0 atom stereocenters. The van der Waals surface area contributed by atoms with Crippen molar-refractivity contribution in [2.75, 3.05) is 6.54 Å². The molecule has 3 nitrogen and oxygen atoms in total. The van der Waals surface area contributed by atoms with Crippen LogP contribution in [-0.4, -0.2) is 22.7 Å². The Bertz CT molecular complexity index is 351. The highest BCUT2D eigenvalue weighted by molar-refractivity contribution is 5.24. The molecule has 0 aliphatic heterocycles. The van der Waals surface area contributed by atoms with Gasteiger partial charge >= 0.3 is 6.18 Å². The highest BCUT2D eigenvalue weighted by Gasteiger charge is 2.29. The molecule has 2 N–H and O–H groups in total. The van der Waals surface area contributed by atoms with Gasteiger partial charge in [0, 0.05) is 11.4 Å². The molecule has 0 fully saturated rings. The number of alkyl halides is 3. The molecule has 0 spiro atoms. The van der Waals surface area contributed by atoms with Gasteiger partial charge in [0.2, 0.25) is 0 Å². The van der Waals surface area contributed by atoms with E-state index in [1.807, 2.05) is 0 Å². The number of nitrogens with two attached hydrogens (primary N) is 1. The summed E-state index contributed by atoms with van der Waals surface area (Å²) in [6.07, 6.45) is -4.77. The molecule has 6 heteroatoms. The van der Waals surface area contributed by atoms with E-state index in [4.69, 9.17) is 5.73 Å².